The third kappa shape index (κ3) is 3.67. The lowest BCUT2D eigenvalue weighted by atomic mass is 9.96. The molecular formula is C14H23NO2S. The first-order chi connectivity index (χ1) is 8.46. The average Bonchev–Trinajstić information content (AvgIpc) is 2.80. The second-order valence-electron chi connectivity index (χ2n) is 5.99. The minimum absolute atomic E-state index is 0.158. The van der Waals surface area contributed by atoms with Gasteiger partial charge >= 0.3 is 6.09 Å². The smallest absolute Gasteiger partial charge is 0.410 e. The van der Waals surface area contributed by atoms with Crippen molar-refractivity contribution >= 4 is 17.9 Å². The van der Waals surface area contributed by atoms with Crippen molar-refractivity contribution in [2.24, 2.45) is 5.92 Å². The van der Waals surface area contributed by atoms with Crippen LogP contribution in [0.4, 0.5) is 4.79 Å². The van der Waals surface area contributed by atoms with E-state index in [-0.39, 0.29) is 6.09 Å². The highest BCUT2D eigenvalue weighted by Gasteiger charge is 2.28. The Morgan fingerprint density at radius 2 is 2.06 bits per heavy atom. The third-order valence-electron chi connectivity index (χ3n) is 3.28. The van der Waals surface area contributed by atoms with Crippen LogP contribution >= 0.6 is 11.8 Å². The molecule has 1 saturated heterocycles. The maximum absolute atomic E-state index is 11.9. The Balaban J connectivity index is 1.81. The van der Waals surface area contributed by atoms with Crippen LogP contribution in [-0.2, 0) is 4.74 Å². The number of nitrogens with zero attached hydrogens (tertiary/aromatic N) is 1. The van der Waals surface area contributed by atoms with Gasteiger partial charge in [-0.05, 0) is 50.9 Å². The summed E-state index contributed by atoms with van der Waals surface area (Å²) in [4.78, 5) is 15.3. The SMILES string of the molecule is CC(C)(C)OC(=O)N1CCC(C2=CCCS2)CC1. The highest BCUT2D eigenvalue weighted by Crippen LogP contribution is 2.36. The molecule has 3 nitrogen and oxygen atoms in total. The largest absolute Gasteiger partial charge is 0.444 e. The Hall–Kier alpha value is -0.640. The van der Waals surface area contributed by atoms with E-state index in [0.717, 1.165) is 25.9 Å². The molecule has 18 heavy (non-hydrogen) atoms. The Morgan fingerprint density at radius 3 is 2.56 bits per heavy atom. The predicted octanol–water partition coefficient (Wildman–Crippen LogP) is 3.65. The van der Waals surface area contributed by atoms with Crippen molar-refractivity contribution in [1.82, 2.24) is 4.90 Å². The van der Waals surface area contributed by atoms with E-state index < -0.39 is 5.60 Å². The monoisotopic (exact) mass is 269 g/mol. The lowest BCUT2D eigenvalue weighted by Gasteiger charge is -2.33. The number of allylic oxidation sites excluding steroid dienone is 2. The molecule has 0 aromatic heterocycles. The number of hydrogen-bond donors (Lipinski definition) is 0. The van der Waals surface area contributed by atoms with Crippen molar-refractivity contribution in [1.29, 1.82) is 0 Å². The maximum atomic E-state index is 11.9. The summed E-state index contributed by atoms with van der Waals surface area (Å²) < 4.78 is 5.41. The summed E-state index contributed by atoms with van der Waals surface area (Å²) in [6, 6.07) is 0. The van der Waals surface area contributed by atoms with Crippen LogP contribution in [0.5, 0.6) is 0 Å². The van der Waals surface area contributed by atoms with E-state index >= 15 is 0 Å². The van der Waals surface area contributed by atoms with Crippen molar-refractivity contribution in [2.75, 3.05) is 18.8 Å². The summed E-state index contributed by atoms with van der Waals surface area (Å²) in [6.45, 7) is 7.40. The second kappa shape index (κ2) is 5.55. The van der Waals surface area contributed by atoms with Crippen molar-refractivity contribution < 1.29 is 9.53 Å². The number of hydrogen-bond acceptors (Lipinski definition) is 3. The van der Waals surface area contributed by atoms with Gasteiger partial charge < -0.3 is 9.64 Å². The minimum Gasteiger partial charge on any atom is -0.444 e. The molecular weight excluding hydrogens is 246 g/mol. The molecule has 0 N–H and O–H groups in total. The van der Waals surface area contributed by atoms with E-state index in [1.807, 2.05) is 37.4 Å². The minimum atomic E-state index is -0.391. The van der Waals surface area contributed by atoms with Crippen molar-refractivity contribution in [3.8, 4) is 0 Å². The highest BCUT2D eigenvalue weighted by atomic mass is 32.2. The van der Waals surface area contributed by atoms with E-state index in [4.69, 9.17) is 4.74 Å². The Morgan fingerprint density at radius 1 is 1.39 bits per heavy atom. The zero-order valence-electron chi connectivity index (χ0n) is 11.6. The van der Waals surface area contributed by atoms with Crippen LogP contribution in [0.2, 0.25) is 0 Å². The number of carbonyl (C=O) groups excluding carboxylic acids is 1. The molecule has 2 aliphatic rings. The highest BCUT2D eigenvalue weighted by molar-refractivity contribution is 8.03. The quantitative estimate of drug-likeness (QED) is 0.727. The molecule has 1 amide bonds. The number of rotatable bonds is 1. The van der Waals surface area contributed by atoms with Crippen LogP contribution in [0.15, 0.2) is 11.0 Å². The zero-order valence-corrected chi connectivity index (χ0v) is 12.4. The molecule has 4 heteroatoms. The first kappa shape index (κ1) is 13.8. The van der Waals surface area contributed by atoms with Gasteiger partial charge in [0.2, 0.25) is 0 Å². The molecule has 0 aromatic carbocycles. The van der Waals surface area contributed by atoms with Crippen molar-refractivity contribution in [3.63, 3.8) is 0 Å². The third-order valence-corrected chi connectivity index (χ3v) is 4.55. The first-order valence-corrected chi connectivity index (χ1v) is 7.75. The summed E-state index contributed by atoms with van der Waals surface area (Å²) in [5, 5.41) is 0. The molecule has 2 aliphatic heterocycles. The Bertz CT molecular complexity index is 338. The molecule has 2 rings (SSSR count). The Labute approximate surface area is 114 Å². The fraction of sp³-hybridized carbons (Fsp3) is 0.786. The van der Waals surface area contributed by atoms with Gasteiger partial charge in [-0.1, -0.05) is 6.08 Å². The van der Waals surface area contributed by atoms with E-state index in [0.29, 0.717) is 5.92 Å². The number of carbonyl (C=O) groups is 1. The van der Waals surface area contributed by atoms with Crippen LogP contribution in [0.1, 0.15) is 40.0 Å². The number of thioether (sulfide) groups is 1. The molecule has 2 heterocycles. The summed E-state index contributed by atoms with van der Waals surface area (Å²) in [5.41, 5.74) is -0.391. The van der Waals surface area contributed by atoms with Crippen LogP contribution in [0, 0.1) is 5.92 Å². The molecule has 0 aliphatic carbocycles. The van der Waals surface area contributed by atoms with Crippen LogP contribution in [0.3, 0.4) is 0 Å². The van der Waals surface area contributed by atoms with Crippen molar-refractivity contribution in [3.05, 3.63) is 11.0 Å². The van der Waals surface area contributed by atoms with Gasteiger partial charge in [-0.15, -0.1) is 11.8 Å². The molecule has 1 fully saturated rings. The lowest BCUT2D eigenvalue weighted by molar-refractivity contribution is 0.0196. The van der Waals surface area contributed by atoms with E-state index in [2.05, 4.69) is 6.08 Å². The second-order valence-corrected chi connectivity index (χ2v) is 7.15. The molecule has 0 radical (unpaired) electrons. The molecule has 0 spiro atoms. The topological polar surface area (TPSA) is 29.5 Å². The Kier molecular flexibility index (Phi) is 4.25. The van der Waals surface area contributed by atoms with Gasteiger partial charge in [-0.2, -0.15) is 0 Å². The van der Waals surface area contributed by atoms with Crippen LogP contribution in [-0.4, -0.2) is 35.4 Å². The molecule has 0 saturated carbocycles. The summed E-state index contributed by atoms with van der Waals surface area (Å²) in [7, 11) is 0. The van der Waals surface area contributed by atoms with Gasteiger partial charge in [0.25, 0.3) is 0 Å². The molecule has 0 unspecified atom stereocenters. The van der Waals surface area contributed by atoms with E-state index in [9.17, 15) is 4.79 Å². The fourth-order valence-corrected chi connectivity index (χ4v) is 3.57. The average molecular weight is 269 g/mol. The number of likely N-dealkylation sites (tertiary alicyclic amines) is 1. The van der Waals surface area contributed by atoms with Crippen molar-refractivity contribution in [2.45, 2.75) is 45.6 Å². The first-order valence-electron chi connectivity index (χ1n) is 6.76. The lowest BCUT2D eigenvalue weighted by Crippen LogP contribution is -2.41. The molecule has 0 atom stereocenters. The van der Waals surface area contributed by atoms with Gasteiger partial charge in [0, 0.05) is 18.8 Å². The van der Waals surface area contributed by atoms with Crippen LogP contribution in [0.25, 0.3) is 0 Å². The van der Waals surface area contributed by atoms with E-state index in [1.165, 1.54) is 12.2 Å². The number of ether oxygens (including phenoxy) is 1. The van der Waals surface area contributed by atoms with Gasteiger partial charge in [0.1, 0.15) is 5.60 Å². The summed E-state index contributed by atoms with van der Waals surface area (Å²) >= 11 is 1.99. The summed E-state index contributed by atoms with van der Waals surface area (Å²) in [6.07, 6.45) is 5.59. The fourth-order valence-electron chi connectivity index (χ4n) is 2.39. The van der Waals surface area contributed by atoms with Crippen LogP contribution < -0.4 is 0 Å². The summed E-state index contributed by atoms with van der Waals surface area (Å²) in [5.74, 6) is 1.91. The number of piperidine rings is 1. The normalized spacial score (nSPS) is 21.9. The maximum Gasteiger partial charge on any atom is 0.410 e. The molecule has 102 valence electrons. The van der Waals surface area contributed by atoms with Gasteiger partial charge in [0.15, 0.2) is 0 Å². The van der Waals surface area contributed by atoms with Gasteiger partial charge in [0.05, 0.1) is 0 Å². The van der Waals surface area contributed by atoms with Gasteiger partial charge in [-0.3, -0.25) is 0 Å². The molecule has 0 aromatic rings. The zero-order chi connectivity index (χ0) is 13.2. The number of amides is 1. The van der Waals surface area contributed by atoms with Gasteiger partial charge in [-0.25, -0.2) is 4.79 Å². The standard InChI is InChI=1S/C14H23NO2S/c1-14(2,3)17-13(16)15-8-6-11(7-9-15)12-5-4-10-18-12/h5,11H,4,6-10H2,1-3H3. The predicted molar refractivity (Wildman–Crippen MR) is 75.7 cm³/mol. The molecule has 0 bridgehead atoms. The van der Waals surface area contributed by atoms with E-state index in [1.54, 1.807) is 4.91 Å².